The number of fused-ring (bicyclic) bond motifs is 1. The van der Waals surface area contributed by atoms with E-state index in [-0.39, 0.29) is 38.4 Å². The highest BCUT2D eigenvalue weighted by Crippen LogP contribution is 2.33. The molecule has 10 heteroatoms. The number of nitrogens with zero attached hydrogens (tertiary/aromatic N) is 3. The molecule has 1 amide bonds. The maximum absolute atomic E-state index is 13.7. The van der Waals surface area contributed by atoms with E-state index < -0.39 is 23.8 Å². The van der Waals surface area contributed by atoms with Gasteiger partial charge >= 0.3 is 6.18 Å². The van der Waals surface area contributed by atoms with Crippen LogP contribution in [0.2, 0.25) is 0 Å². The molecule has 1 atom stereocenters. The molecule has 3 aromatic rings. The van der Waals surface area contributed by atoms with Crippen LogP contribution in [0.5, 0.6) is 0 Å². The fourth-order valence-corrected chi connectivity index (χ4v) is 4.50. The molecule has 2 aromatic heterocycles. The second kappa shape index (κ2) is 10.1. The van der Waals surface area contributed by atoms with E-state index in [9.17, 15) is 26.7 Å². The highest BCUT2D eigenvalue weighted by atomic mass is 19.4. The third-order valence-corrected chi connectivity index (χ3v) is 6.64. The van der Waals surface area contributed by atoms with E-state index in [0.717, 1.165) is 40.8 Å². The molecule has 3 heterocycles. The Balaban J connectivity index is 1.54. The van der Waals surface area contributed by atoms with E-state index in [2.05, 4.69) is 15.3 Å². The van der Waals surface area contributed by atoms with Crippen molar-refractivity contribution in [1.82, 2.24) is 20.2 Å². The number of nitrogens with one attached hydrogen (secondary N) is 1. The minimum atomic E-state index is -4.59. The van der Waals surface area contributed by atoms with Crippen molar-refractivity contribution in [2.45, 2.75) is 51.3 Å². The number of aromatic nitrogens is 2. The molecule has 1 aliphatic rings. The highest BCUT2D eigenvalue weighted by Gasteiger charge is 2.37. The van der Waals surface area contributed by atoms with E-state index in [1.165, 1.54) is 6.07 Å². The Morgan fingerprint density at radius 1 is 1.14 bits per heavy atom. The predicted molar refractivity (Wildman–Crippen MR) is 126 cm³/mol. The van der Waals surface area contributed by atoms with Crippen LogP contribution >= 0.6 is 0 Å². The number of benzene rings is 1. The normalized spacial score (nSPS) is 17.2. The first-order valence-electron chi connectivity index (χ1n) is 11.8. The monoisotopic (exact) mass is 506 g/mol. The number of piperidine rings is 1. The number of carbonyl (C=O) groups excluding carboxylic acids is 1. The molecule has 1 aromatic carbocycles. The third-order valence-electron chi connectivity index (χ3n) is 6.64. The Bertz CT molecular complexity index is 1230. The SMILES string of the molecule is CCc1cc2cc(C(=O)NCC(c3ccc(C(F)(F)F)nc3)N3CCC(F)(F)CC3)ccc2nc1C. The molecule has 192 valence electrons. The minimum absolute atomic E-state index is 0.0296. The summed E-state index contributed by atoms with van der Waals surface area (Å²) in [5.74, 6) is -3.15. The molecule has 1 aliphatic heterocycles. The van der Waals surface area contributed by atoms with Gasteiger partial charge in [0, 0.05) is 55.3 Å². The molecule has 0 radical (unpaired) electrons. The zero-order valence-electron chi connectivity index (χ0n) is 20.0. The average molecular weight is 507 g/mol. The first-order chi connectivity index (χ1) is 17.0. The van der Waals surface area contributed by atoms with Gasteiger partial charge in [-0.3, -0.25) is 19.7 Å². The number of pyridine rings is 2. The van der Waals surface area contributed by atoms with Gasteiger partial charge in [-0.15, -0.1) is 0 Å². The summed E-state index contributed by atoms with van der Waals surface area (Å²) < 4.78 is 66.4. The summed E-state index contributed by atoms with van der Waals surface area (Å²) >= 11 is 0. The lowest BCUT2D eigenvalue weighted by molar-refractivity contribution is -0.141. The van der Waals surface area contributed by atoms with Crippen LogP contribution < -0.4 is 5.32 Å². The van der Waals surface area contributed by atoms with Gasteiger partial charge in [-0.1, -0.05) is 13.0 Å². The van der Waals surface area contributed by atoms with Gasteiger partial charge in [0.2, 0.25) is 0 Å². The number of alkyl halides is 5. The van der Waals surface area contributed by atoms with Gasteiger partial charge in [-0.2, -0.15) is 13.2 Å². The minimum Gasteiger partial charge on any atom is -0.350 e. The van der Waals surface area contributed by atoms with Crippen molar-refractivity contribution in [3.8, 4) is 0 Å². The van der Waals surface area contributed by atoms with Gasteiger partial charge in [0.15, 0.2) is 0 Å². The standard InChI is InChI=1S/C26H27F5N4O/c1-3-17-12-20-13-18(4-6-21(20)34-16(17)2)24(36)33-15-22(35-10-8-25(27,28)9-11-35)19-5-7-23(32-14-19)26(29,30)31/h4-7,12-14,22H,3,8-11,15H2,1-2H3,(H,33,36). The molecule has 1 N–H and O–H groups in total. The molecule has 0 aliphatic carbocycles. The van der Waals surface area contributed by atoms with Crippen molar-refractivity contribution >= 4 is 16.8 Å². The highest BCUT2D eigenvalue weighted by molar-refractivity contribution is 5.98. The molecule has 1 saturated heterocycles. The van der Waals surface area contributed by atoms with Gasteiger partial charge in [0.1, 0.15) is 5.69 Å². The lowest BCUT2D eigenvalue weighted by Crippen LogP contribution is -2.45. The van der Waals surface area contributed by atoms with Crippen LogP contribution in [0.15, 0.2) is 42.6 Å². The second-order valence-corrected chi connectivity index (χ2v) is 9.09. The smallest absolute Gasteiger partial charge is 0.350 e. The summed E-state index contributed by atoms with van der Waals surface area (Å²) in [4.78, 5) is 22.8. The van der Waals surface area contributed by atoms with Gasteiger partial charge in [0.05, 0.1) is 11.6 Å². The fourth-order valence-electron chi connectivity index (χ4n) is 4.50. The molecule has 1 fully saturated rings. The van der Waals surface area contributed by atoms with Crippen LogP contribution in [0.4, 0.5) is 22.0 Å². The van der Waals surface area contributed by atoms with Gasteiger partial charge in [-0.25, -0.2) is 8.78 Å². The fraction of sp³-hybridized carbons (Fsp3) is 0.423. The van der Waals surface area contributed by atoms with Crippen LogP contribution in [0, 0.1) is 6.92 Å². The van der Waals surface area contributed by atoms with Crippen LogP contribution in [0.25, 0.3) is 10.9 Å². The van der Waals surface area contributed by atoms with Crippen molar-refractivity contribution in [2.75, 3.05) is 19.6 Å². The van der Waals surface area contributed by atoms with E-state index in [0.29, 0.717) is 11.1 Å². The van der Waals surface area contributed by atoms with Gasteiger partial charge < -0.3 is 5.32 Å². The first-order valence-corrected chi connectivity index (χ1v) is 11.8. The summed E-state index contributed by atoms with van der Waals surface area (Å²) in [7, 11) is 0. The molecule has 4 rings (SSSR count). The van der Waals surface area contributed by atoms with Gasteiger partial charge in [-0.05, 0) is 54.8 Å². The average Bonchev–Trinajstić information content (AvgIpc) is 2.83. The number of hydrogen-bond acceptors (Lipinski definition) is 4. The number of hydrogen-bond donors (Lipinski definition) is 1. The topological polar surface area (TPSA) is 58.1 Å². The van der Waals surface area contributed by atoms with E-state index in [1.54, 1.807) is 23.1 Å². The van der Waals surface area contributed by atoms with E-state index >= 15 is 0 Å². The second-order valence-electron chi connectivity index (χ2n) is 9.09. The largest absolute Gasteiger partial charge is 0.433 e. The van der Waals surface area contributed by atoms with Crippen molar-refractivity contribution in [1.29, 1.82) is 0 Å². The van der Waals surface area contributed by atoms with Crippen LogP contribution in [-0.2, 0) is 12.6 Å². The van der Waals surface area contributed by atoms with Crippen molar-refractivity contribution in [3.05, 3.63) is 70.7 Å². The third kappa shape index (κ3) is 5.80. The van der Waals surface area contributed by atoms with E-state index in [4.69, 9.17) is 0 Å². The summed E-state index contributed by atoms with van der Waals surface area (Å²) in [6.07, 6.45) is -3.40. The van der Waals surface area contributed by atoms with Crippen molar-refractivity contribution in [2.24, 2.45) is 0 Å². The van der Waals surface area contributed by atoms with Crippen molar-refractivity contribution in [3.63, 3.8) is 0 Å². The maximum Gasteiger partial charge on any atom is 0.433 e. The number of carbonyl (C=O) groups is 1. The van der Waals surface area contributed by atoms with Gasteiger partial charge in [0.25, 0.3) is 11.8 Å². The Hall–Kier alpha value is -3.14. The number of halogens is 5. The Kier molecular flexibility index (Phi) is 7.26. The zero-order valence-corrected chi connectivity index (χ0v) is 20.0. The number of aryl methyl sites for hydroxylation is 2. The quantitative estimate of drug-likeness (QED) is 0.435. The number of rotatable bonds is 6. The molecule has 5 nitrogen and oxygen atoms in total. The van der Waals surface area contributed by atoms with Crippen LogP contribution in [-0.4, -0.2) is 46.3 Å². The molecule has 0 saturated carbocycles. The molecule has 1 unspecified atom stereocenters. The van der Waals surface area contributed by atoms with Crippen molar-refractivity contribution < 1.29 is 26.7 Å². The molecule has 0 bridgehead atoms. The lowest BCUT2D eigenvalue weighted by Gasteiger charge is -2.37. The predicted octanol–water partition coefficient (Wildman–Crippen LogP) is 5.72. The van der Waals surface area contributed by atoms with Crippen LogP contribution in [0.1, 0.15) is 58.7 Å². The van der Waals surface area contributed by atoms with Crippen LogP contribution in [0.3, 0.4) is 0 Å². The maximum atomic E-state index is 13.7. The Morgan fingerprint density at radius 3 is 2.47 bits per heavy atom. The summed E-state index contributed by atoms with van der Waals surface area (Å²) in [6, 6.07) is 8.72. The Labute approximate surface area is 205 Å². The molecule has 0 spiro atoms. The summed E-state index contributed by atoms with van der Waals surface area (Å²) in [6.45, 7) is 4.09. The lowest BCUT2D eigenvalue weighted by atomic mass is 10.0. The summed E-state index contributed by atoms with van der Waals surface area (Å²) in [5.41, 5.74) is 2.57. The summed E-state index contributed by atoms with van der Waals surface area (Å²) in [5, 5.41) is 3.65. The molecular weight excluding hydrogens is 479 g/mol. The van der Waals surface area contributed by atoms with E-state index in [1.807, 2.05) is 19.9 Å². The Morgan fingerprint density at radius 2 is 1.86 bits per heavy atom. The first kappa shape index (κ1) is 25.9. The molecular formula is C26H27F5N4O. The number of amides is 1. The zero-order chi connectivity index (χ0) is 26.1. The molecule has 36 heavy (non-hydrogen) atoms. The number of likely N-dealkylation sites (tertiary alicyclic amines) is 1.